The van der Waals surface area contributed by atoms with Crippen LogP contribution in [0.15, 0.2) is 0 Å². The number of aromatic nitrogens is 2. The normalized spacial score (nSPS) is 24.4. The number of halogens is 1. The van der Waals surface area contributed by atoms with Gasteiger partial charge in [-0.05, 0) is 18.5 Å². The predicted octanol–water partition coefficient (Wildman–Crippen LogP) is -0.777. The average Bonchev–Trinajstić information content (AvgIpc) is 2.44. The summed E-state index contributed by atoms with van der Waals surface area (Å²) in [6.07, 6.45) is 0. The number of nitrogens with zero attached hydrogens (tertiary/aromatic N) is 4. The first-order valence-corrected chi connectivity index (χ1v) is 6.75. The Balaban J connectivity index is 2.01. The van der Waals surface area contributed by atoms with E-state index in [1.165, 1.54) is 0 Å². The molecule has 2 N–H and O–H groups in total. The lowest BCUT2D eigenvalue weighted by atomic mass is 10.1. The number of nitrogens with one attached hydrogen (secondary N) is 2. The highest BCUT2D eigenvalue weighted by atomic mass is 35.5. The number of morpholine rings is 1. The van der Waals surface area contributed by atoms with Gasteiger partial charge in [-0.1, -0.05) is 0 Å². The summed E-state index contributed by atoms with van der Waals surface area (Å²) in [6.45, 7) is 4.11. The van der Waals surface area contributed by atoms with Crippen LogP contribution in [0.4, 0.5) is 5.82 Å². The smallest absolute Gasteiger partial charge is 0.224 e. The second-order valence-corrected chi connectivity index (χ2v) is 5.15. The molecule has 3 heterocycles. The van der Waals surface area contributed by atoms with Crippen LogP contribution in [-0.2, 0) is 11.3 Å². The molecule has 8 nitrogen and oxygen atoms in total. The van der Waals surface area contributed by atoms with Gasteiger partial charge in [0.25, 0.3) is 0 Å². The summed E-state index contributed by atoms with van der Waals surface area (Å²) in [4.78, 5) is 10.6. The highest BCUT2D eigenvalue weighted by molar-refractivity contribution is 6.28. The standard InChI is InChI=1S/C11H15ClN6O2/c1-6-3-19-4-7-5-20-9-8(2-14-17-13)15-11(12)16-10(9)18(6)7/h6-7,17H,2-5H2,1H3,(H-,13,14). The molecule has 2 unspecified atom stereocenters. The second-order valence-electron chi connectivity index (χ2n) is 4.82. The number of anilines is 1. The van der Waals surface area contributed by atoms with E-state index in [0.717, 1.165) is 0 Å². The molecule has 2 atom stereocenters. The van der Waals surface area contributed by atoms with Gasteiger partial charge in [-0.25, -0.2) is 4.98 Å². The maximum absolute atomic E-state index is 8.63. The van der Waals surface area contributed by atoms with E-state index in [1.807, 2.05) is 5.22 Å². The summed E-state index contributed by atoms with van der Waals surface area (Å²) >= 11 is 5.99. The molecule has 0 radical (unpaired) electrons. The Morgan fingerprint density at radius 1 is 1.45 bits per heavy atom. The van der Waals surface area contributed by atoms with Gasteiger partial charge in [0.05, 0.1) is 31.0 Å². The van der Waals surface area contributed by atoms with Crippen molar-refractivity contribution in [2.75, 3.05) is 24.7 Å². The summed E-state index contributed by atoms with van der Waals surface area (Å²) in [5.41, 5.74) is 11.8. The number of hydrogen-bond acceptors (Lipinski definition) is 5. The van der Waals surface area contributed by atoms with Gasteiger partial charge in [-0.15, -0.1) is 0 Å². The molecule has 0 bridgehead atoms. The molecule has 0 amide bonds. The van der Waals surface area contributed by atoms with Crippen LogP contribution in [0.3, 0.4) is 0 Å². The Morgan fingerprint density at radius 3 is 3.10 bits per heavy atom. The van der Waals surface area contributed by atoms with Crippen LogP contribution >= 0.6 is 11.6 Å². The lowest BCUT2D eigenvalue weighted by molar-refractivity contribution is -0.551. The van der Waals surface area contributed by atoms with Crippen molar-refractivity contribution >= 4 is 17.4 Å². The molecule has 1 saturated heterocycles. The molecule has 0 aromatic carbocycles. The summed E-state index contributed by atoms with van der Waals surface area (Å²) in [5.74, 6) is 1.29. The first-order chi connectivity index (χ1) is 9.70. The summed E-state index contributed by atoms with van der Waals surface area (Å²) in [5, 5.41) is 2.02. The van der Waals surface area contributed by atoms with Crippen LogP contribution in [0.1, 0.15) is 12.6 Å². The van der Waals surface area contributed by atoms with E-state index in [2.05, 4.69) is 27.2 Å². The summed E-state index contributed by atoms with van der Waals surface area (Å²) < 4.78 is 11.3. The van der Waals surface area contributed by atoms with E-state index in [0.29, 0.717) is 37.1 Å². The molecule has 3 rings (SSSR count). The lowest BCUT2D eigenvalue weighted by Crippen LogP contribution is -2.74. The molecule has 108 valence electrons. The van der Waals surface area contributed by atoms with Crippen molar-refractivity contribution in [2.24, 2.45) is 0 Å². The second kappa shape index (κ2) is 5.37. The minimum atomic E-state index is 0.133. The molecular formula is C11H15ClN6O2. The van der Waals surface area contributed by atoms with Crippen molar-refractivity contribution in [1.82, 2.24) is 15.4 Å². The van der Waals surface area contributed by atoms with Gasteiger partial charge in [-0.2, -0.15) is 15.7 Å². The van der Waals surface area contributed by atoms with Crippen LogP contribution in [0, 0.1) is 0 Å². The third-order valence-corrected chi connectivity index (χ3v) is 3.60. The van der Waals surface area contributed by atoms with Gasteiger partial charge in [0.1, 0.15) is 6.61 Å². The van der Waals surface area contributed by atoms with Gasteiger partial charge in [0.2, 0.25) is 5.28 Å². The van der Waals surface area contributed by atoms with Crippen LogP contribution in [0.25, 0.3) is 5.53 Å². The number of ether oxygens (including phenoxy) is 2. The van der Waals surface area contributed by atoms with E-state index >= 15 is 0 Å². The molecule has 20 heavy (non-hydrogen) atoms. The summed E-state index contributed by atoms with van der Waals surface area (Å²) in [7, 11) is 0. The van der Waals surface area contributed by atoms with Crippen molar-refractivity contribution < 1.29 is 14.7 Å². The monoisotopic (exact) mass is 298 g/mol. The molecule has 0 saturated carbocycles. The van der Waals surface area contributed by atoms with Crippen LogP contribution < -0.4 is 20.3 Å². The molecule has 1 aromatic rings. The van der Waals surface area contributed by atoms with Crippen molar-refractivity contribution in [1.29, 1.82) is 0 Å². The molecule has 1 aromatic heterocycles. The lowest BCUT2D eigenvalue weighted by Gasteiger charge is -2.44. The number of hydrogen-bond donors (Lipinski definition) is 2. The van der Waals surface area contributed by atoms with Crippen molar-refractivity contribution in [3.8, 4) is 5.75 Å². The third kappa shape index (κ3) is 2.25. The molecule has 2 aliphatic rings. The Morgan fingerprint density at radius 2 is 2.30 bits per heavy atom. The van der Waals surface area contributed by atoms with Crippen LogP contribution in [0.2, 0.25) is 5.28 Å². The summed E-state index contributed by atoms with van der Waals surface area (Å²) in [6, 6.07) is 0.327. The molecular weight excluding hydrogens is 284 g/mol. The van der Waals surface area contributed by atoms with E-state index in [-0.39, 0.29) is 23.9 Å². The largest absolute Gasteiger partial charge is 0.486 e. The predicted molar refractivity (Wildman–Crippen MR) is 70.2 cm³/mol. The Bertz CT molecular complexity index is 528. The maximum atomic E-state index is 8.63. The fourth-order valence-electron chi connectivity index (χ4n) is 2.61. The first kappa shape index (κ1) is 13.3. The quantitative estimate of drug-likeness (QED) is 0.432. The number of rotatable bonds is 3. The average molecular weight is 299 g/mol. The van der Waals surface area contributed by atoms with E-state index in [4.69, 9.17) is 26.6 Å². The number of hydrazine groups is 1. The zero-order valence-corrected chi connectivity index (χ0v) is 11.7. The zero-order chi connectivity index (χ0) is 14.1. The van der Waals surface area contributed by atoms with Gasteiger partial charge in [-0.3, -0.25) is 5.43 Å². The highest BCUT2D eigenvalue weighted by Crippen LogP contribution is 2.37. The topological polar surface area (TPSA) is 95.8 Å². The Kier molecular flexibility index (Phi) is 3.58. The Hall–Kier alpha value is -1.67. The molecule has 2 aliphatic heterocycles. The highest BCUT2D eigenvalue weighted by Gasteiger charge is 2.37. The fourth-order valence-corrected chi connectivity index (χ4v) is 2.79. The molecule has 9 heteroatoms. The van der Waals surface area contributed by atoms with Gasteiger partial charge >= 0.3 is 0 Å². The maximum Gasteiger partial charge on any atom is 0.224 e. The van der Waals surface area contributed by atoms with Crippen LogP contribution in [0.5, 0.6) is 5.75 Å². The molecule has 0 aliphatic carbocycles. The molecule has 0 spiro atoms. The SMILES string of the molecule is CC1COCC2COc3c(CN[NH+]=[N-])nc(Cl)nc3N12. The van der Waals surface area contributed by atoms with E-state index in [9.17, 15) is 0 Å². The zero-order valence-electron chi connectivity index (χ0n) is 11.0. The minimum Gasteiger partial charge on any atom is -0.486 e. The van der Waals surface area contributed by atoms with Crippen molar-refractivity contribution in [3.05, 3.63) is 16.5 Å². The van der Waals surface area contributed by atoms with Gasteiger partial charge in [0.15, 0.2) is 11.6 Å². The number of fused-ring (bicyclic) bond motifs is 3. The van der Waals surface area contributed by atoms with E-state index < -0.39 is 0 Å². The van der Waals surface area contributed by atoms with Crippen molar-refractivity contribution in [3.63, 3.8) is 0 Å². The van der Waals surface area contributed by atoms with E-state index in [1.54, 1.807) is 0 Å². The van der Waals surface area contributed by atoms with Gasteiger partial charge < -0.3 is 14.4 Å². The Labute approximate surface area is 120 Å². The minimum absolute atomic E-state index is 0.133. The van der Waals surface area contributed by atoms with Gasteiger partial charge in [0, 0.05) is 6.54 Å². The van der Waals surface area contributed by atoms with Crippen LogP contribution in [-0.4, -0.2) is 41.9 Å². The fraction of sp³-hybridized carbons (Fsp3) is 0.636. The van der Waals surface area contributed by atoms with Crippen molar-refractivity contribution in [2.45, 2.75) is 25.6 Å². The first-order valence-electron chi connectivity index (χ1n) is 6.38. The molecule has 1 fully saturated rings. The third-order valence-electron chi connectivity index (χ3n) is 3.43.